The van der Waals surface area contributed by atoms with Crippen molar-refractivity contribution < 1.29 is 29.2 Å². The molecular weight excluding hydrogens is 428 g/mol. The third kappa shape index (κ3) is 4.72. The highest BCUT2D eigenvalue weighted by atomic mass is 16.6. The highest BCUT2D eigenvalue weighted by Crippen LogP contribution is 2.60. The number of carboxylic acids is 1. The highest BCUT2D eigenvalue weighted by molar-refractivity contribution is 5.89. The predicted molar refractivity (Wildman–Crippen MR) is 117 cm³/mol. The maximum Gasteiger partial charge on any atom is 0.326 e. The van der Waals surface area contributed by atoms with Crippen molar-refractivity contribution in [2.24, 2.45) is 23.2 Å². The molecule has 4 aliphatic carbocycles. The van der Waals surface area contributed by atoms with Crippen molar-refractivity contribution in [3.8, 4) is 0 Å². The molecule has 9 heteroatoms. The van der Waals surface area contributed by atoms with E-state index in [1.54, 1.807) is 6.92 Å². The number of aliphatic carboxylic acids is 1. The van der Waals surface area contributed by atoms with Gasteiger partial charge in [-0.1, -0.05) is 12.1 Å². The second-order valence-corrected chi connectivity index (χ2v) is 9.95. The van der Waals surface area contributed by atoms with E-state index in [0.717, 1.165) is 38.5 Å². The number of nitrogens with one attached hydrogen (secondary N) is 1. The van der Waals surface area contributed by atoms with Crippen LogP contribution >= 0.6 is 0 Å². The molecule has 9 nitrogen and oxygen atoms in total. The molecule has 4 fully saturated rings. The number of nitrogens with zero attached hydrogens (tertiary/aromatic N) is 1. The number of carbonyl (C=O) groups excluding carboxylic acids is 2. The van der Waals surface area contributed by atoms with Crippen molar-refractivity contribution in [1.29, 1.82) is 0 Å². The van der Waals surface area contributed by atoms with Gasteiger partial charge in [-0.2, -0.15) is 0 Å². The Labute approximate surface area is 192 Å². The van der Waals surface area contributed by atoms with Crippen molar-refractivity contribution in [2.45, 2.75) is 63.8 Å². The first-order chi connectivity index (χ1) is 15.7. The fraction of sp³-hybridized carbons (Fsp3) is 0.625. The average Bonchev–Trinajstić information content (AvgIpc) is 2.75. The standard InChI is InChI=1S/C24H30N2O7/c1-2-33-20(27)10-19(17-3-5-18(6-4-17)26(31)32)21(22(28)29)25-23(30)24-11-14-7-15(12-24)9-16(8-14)13-24/h3-6,14-16,19,21H,2,7-13H2,1H3,(H,25,30)(H,28,29)/t14?,15?,16?,19-,21+,24?/m1/s1. The van der Waals surface area contributed by atoms with Crippen LogP contribution in [0.1, 0.15) is 63.4 Å². The van der Waals surface area contributed by atoms with E-state index < -0.39 is 34.2 Å². The van der Waals surface area contributed by atoms with Gasteiger partial charge in [0.2, 0.25) is 5.91 Å². The molecular formula is C24H30N2O7. The van der Waals surface area contributed by atoms with E-state index in [4.69, 9.17) is 4.74 Å². The third-order valence-corrected chi connectivity index (χ3v) is 7.70. The Morgan fingerprint density at radius 3 is 2.12 bits per heavy atom. The lowest BCUT2D eigenvalue weighted by Gasteiger charge is -2.55. The van der Waals surface area contributed by atoms with Gasteiger partial charge in [-0.3, -0.25) is 19.7 Å². The molecule has 2 N–H and O–H groups in total. The summed E-state index contributed by atoms with van der Waals surface area (Å²) in [5.74, 6) is -1.43. The summed E-state index contributed by atoms with van der Waals surface area (Å²) in [5, 5.41) is 23.8. The molecule has 0 heterocycles. The Morgan fingerprint density at radius 1 is 1.12 bits per heavy atom. The van der Waals surface area contributed by atoms with Crippen molar-refractivity contribution in [3.63, 3.8) is 0 Å². The first kappa shape index (κ1) is 23.2. The number of esters is 1. The van der Waals surface area contributed by atoms with Crippen LogP contribution in [0.3, 0.4) is 0 Å². The summed E-state index contributed by atoms with van der Waals surface area (Å²) in [6.45, 7) is 1.80. The van der Waals surface area contributed by atoms with Gasteiger partial charge in [0.15, 0.2) is 0 Å². The van der Waals surface area contributed by atoms with Gasteiger partial charge in [-0.25, -0.2) is 4.79 Å². The summed E-state index contributed by atoms with van der Waals surface area (Å²) in [7, 11) is 0. The third-order valence-electron chi connectivity index (χ3n) is 7.70. The van der Waals surface area contributed by atoms with E-state index in [1.165, 1.54) is 24.3 Å². The average molecular weight is 459 g/mol. The number of hydrogen-bond acceptors (Lipinski definition) is 6. The molecule has 0 unspecified atom stereocenters. The lowest BCUT2D eigenvalue weighted by Crippen LogP contribution is -2.57. The second kappa shape index (κ2) is 9.11. The normalized spacial score (nSPS) is 29.2. The van der Waals surface area contributed by atoms with Crippen LogP contribution in [0.5, 0.6) is 0 Å². The molecule has 0 radical (unpaired) electrons. The lowest BCUT2D eigenvalue weighted by atomic mass is 9.49. The Kier molecular flexibility index (Phi) is 6.41. The van der Waals surface area contributed by atoms with Gasteiger partial charge in [-0.05, 0) is 68.8 Å². The number of carboxylic acid groups (broad SMARTS) is 1. The zero-order chi connectivity index (χ0) is 23.8. The molecule has 4 saturated carbocycles. The summed E-state index contributed by atoms with van der Waals surface area (Å²) in [4.78, 5) is 48.6. The molecule has 0 spiro atoms. The second-order valence-electron chi connectivity index (χ2n) is 9.95. The zero-order valence-electron chi connectivity index (χ0n) is 18.7. The molecule has 33 heavy (non-hydrogen) atoms. The fourth-order valence-corrected chi connectivity index (χ4v) is 6.69. The van der Waals surface area contributed by atoms with Crippen molar-refractivity contribution >= 4 is 23.5 Å². The minimum Gasteiger partial charge on any atom is -0.480 e. The number of rotatable bonds is 9. The molecule has 4 aliphatic rings. The summed E-state index contributed by atoms with van der Waals surface area (Å²) < 4.78 is 5.04. The van der Waals surface area contributed by atoms with Gasteiger partial charge in [0.1, 0.15) is 6.04 Å². The van der Waals surface area contributed by atoms with Crippen LogP contribution in [-0.4, -0.2) is 40.5 Å². The van der Waals surface area contributed by atoms with Crippen LogP contribution in [0, 0.1) is 33.3 Å². The summed E-state index contributed by atoms with van der Waals surface area (Å²) in [6, 6.07) is 4.07. The summed E-state index contributed by atoms with van der Waals surface area (Å²) in [6.07, 6.45) is 5.57. The molecule has 0 saturated heterocycles. The maximum absolute atomic E-state index is 13.5. The molecule has 178 valence electrons. The Hall–Kier alpha value is -2.97. The van der Waals surface area contributed by atoms with E-state index in [-0.39, 0.29) is 24.6 Å². The number of non-ortho nitro benzene ring substituents is 1. The number of nitro groups is 1. The smallest absolute Gasteiger partial charge is 0.326 e. The monoisotopic (exact) mass is 458 g/mol. The first-order valence-corrected chi connectivity index (χ1v) is 11.6. The van der Waals surface area contributed by atoms with Crippen LogP contribution in [0.15, 0.2) is 24.3 Å². The molecule has 4 bridgehead atoms. The summed E-state index contributed by atoms with van der Waals surface area (Å²) >= 11 is 0. The molecule has 0 aliphatic heterocycles. The van der Waals surface area contributed by atoms with E-state index >= 15 is 0 Å². The van der Waals surface area contributed by atoms with Gasteiger partial charge >= 0.3 is 11.9 Å². The van der Waals surface area contributed by atoms with E-state index in [1.807, 2.05) is 0 Å². The van der Waals surface area contributed by atoms with Crippen LogP contribution < -0.4 is 5.32 Å². The summed E-state index contributed by atoms with van der Waals surface area (Å²) in [5.41, 5.74) is -0.253. The van der Waals surface area contributed by atoms with Gasteiger partial charge in [0, 0.05) is 23.5 Å². The number of amides is 1. The topological polar surface area (TPSA) is 136 Å². The van der Waals surface area contributed by atoms with Crippen LogP contribution in [0.2, 0.25) is 0 Å². The molecule has 1 aromatic carbocycles. The van der Waals surface area contributed by atoms with E-state index in [2.05, 4.69) is 5.32 Å². The van der Waals surface area contributed by atoms with Crippen molar-refractivity contribution in [2.75, 3.05) is 6.61 Å². The van der Waals surface area contributed by atoms with Crippen LogP contribution in [0.25, 0.3) is 0 Å². The number of carbonyl (C=O) groups is 3. The predicted octanol–water partition coefficient (Wildman–Crippen LogP) is 3.42. The zero-order valence-corrected chi connectivity index (χ0v) is 18.7. The SMILES string of the molecule is CCOC(=O)C[C@H](c1ccc([N+](=O)[O-])cc1)[C@H](NC(=O)C12CC3CC(CC(C3)C1)C2)C(=O)O. The minimum atomic E-state index is -1.35. The fourth-order valence-electron chi connectivity index (χ4n) is 6.69. The van der Waals surface area contributed by atoms with Crippen LogP contribution in [0.4, 0.5) is 5.69 Å². The van der Waals surface area contributed by atoms with Gasteiger partial charge in [-0.15, -0.1) is 0 Å². The number of nitro benzene ring substituents is 1. The molecule has 2 atom stereocenters. The maximum atomic E-state index is 13.5. The Balaban J connectivity index is 1.60. The van der Waals surface area contributed by atoms with E-state index in [9.17, 15) is 29.6 Å². The molecule has 1 aromatic rings. The number of hydrogen-bond donors (Lipinski definition) is 2. The van der Waals surface area contributed by atoms with Gasteiger partial charge in [0.05, 0.1) is 18.0 Å². The molecule has 1 amide bonds. The highest BCUT2D eigenvalue weighted by Gasteiger charge is 2.55. The number of ether oxygens (including phenoxy) is 1. The van der Waals surface area contributed by atoms with Crippen LogP contribution in [-0.2, 0) is 19.1 Å². The van der Waals surface area contributed by atoms with Crippen molar-refractivity contribution in [1.82, 2.24) is 5.32 Å². The van der Waals surface area contributed by atoms with Crippen molar-refractivity contribution in [3.05, 3.63) is 39.9 Å². The van der Waals surface area contributed by atoms with Gasteiger partial charge in [0.25, 0.3) is 5.69 Å². The first-order valence-electron chi connectivity index (χ1n) is 11.6. The molecule has 5 rings (SSSR count). The largest absolute Gasteiger partial charge is 0.480 e. The lowest BCUT2D eigenvalue weighted by molar-refractivity contribution is -0.384. The van der Waals surface area contributed by atoms with E-state index in [0.29, 0.717) is 23.3 Å². The Bertz CT molecular complexity index is 907. The quantitative estimate of drug-likeness (QED) is 0.329. The minimum absolute atomic E-state index is 0.141. The Morgan fingerprint density at radius 2 is 1.67 bits per heavy atom. The number of benzene rings is 1. The molecule has 0 aromatic heterocycles. The van der Waals surface area contributed by atoms with Gasteiger partial charge < -0.3 is 15.2 Å².